The smallest absolute Gasteiger partial charge is 0.257 e. The minimum absolute atomic E-state index is 0.0106. The second-order valence-corrected chi connectivity index (χ2v) is 6.93. The highest BCUT2D eigenvalue weighted by Crippen LogP contribution is 2.21. The van der Waals surface area contributed by atoms with Crippen LogP contribution in [0, 0.1) is 5.82 Å². The van der Waals surface area contributed by atoms with Gasteiger partial charge in [0, 0.05) is 18.7 Å². The third-order valence-electron chi connectivity index (χ3n) is 2.93. The van der Waals surface area contributed by atoms with E-state index in [1.165, 1.54) is 18.3 Å². The highest BCUT2D eigenvalue weighted by molar-refractivity contribution is 7.89. The fourth-order valence-electron chi connectivity index (χ4n) is 1.96. The summed E-state index contributed by atoms with van der Waals surface area (Å²) >= 11 is 5.74. The van der Waals surface area contributed by atoms with E-state index in [1.54, 1.807) is 10.6 Å². The Balaban J connectivity index is 2.43. The molecule has 0 fully saturated rings. The number of hydrogen-bond acceptors (Lipinski definition) is 3. The monoisotopic (exact) mass is 331 g/mol. The van der Waals surface area contributed by atoms with Crippen molar-refractivity contribution in [2.45, 2.75) is 31.3 Å². The van der Waals surface area contributed by atoms with E-state index >= 15 is 0 Å². The zero-order valence-corrected chi connectivity index (χ0v) is 13.1. The summed E-state index contributed by atoms with van der Waals surface area (Å²) in [6.07, 6.45) is 1.38. The number of hydrogen-bond donors (Lipinski definition) is 1. The van der Waals surface area contributed by atoms with E-state index in [0.29, 0.717) is 12.4 Å². The highest BCUT2D eigenvalue weighted by atomic mass is 35.5. The molecule has 1 aromatic carbocycles. The zero-order chi connectivity index (χ0) is 15.8. The van der Waals surface area contributed by atoms with Crippen molar-refractivity contribution < 1.29 is 12.8 Å². The van der Waals surface area contributed by atoms with Crippen molar-refractivity contribution in [2.24, 2.45) is 5.14 Å². The summed E-state index contributed by atoms with van der Waals surface area (Å²) < 4.78 is 37.6. The molecule has 2 N–H and O–H groups in total. The van der Waals surface area contributed by atoms with Gasteiger partial charge in [-0.25, -0.2) is 22.9 Å². The molecule has 0 aliphatic heterocycles. The topological polar surface area (TPSA) is 78.0 Å². The Labute approximate surface area is 127 Å². The summed E-state index contributed by atoms with van der Waals surface area (Å²) in [6, 6.07) is 4.35. The SMILES string of the molecule is CC(C)c1nc(S(N)(=O)=O)cn1Cc1ccc(F)c(Cl)c1. The van der Waals surface area contributed by atoms with Crippen molar-refractivity contribution in [1.29, 1.82) is 0 Å². The van der Waals surface area contributed by atoms with E-state index in [9.17, 15) is 12.8 Å². The van der Waals surface area contributed by atoms with Crippen LogP contribution in [0.15, 0.2) is 29.4 Å². The number of nitrogens with zero attached hydrogens (tertiary/aromatic N) is 2. The van der Waals surface area contributed by atoms with Crippen LogP contribution in [-0.2, 0) is 16.6 Å². The van der Waals surface area contributed by atoms with E-state index < -0.39 is 15.8 Å². The first-order chi connectivity index (χ1) is 9.68. The molecule has 0 atom stereocenters. The van der Waals surface area contributed by atoms with Gasteiger partial charge in [-0.3, -0.25) is 0 Å². The molecule has 0 spiro atoms. The van der Waals surface area contributed by atoms with Crippen molar-refractivity contribution in [3.05, 3.63) is 46.6 Å². The molecule has 0 amide bonds. The molecule has 0 saturated carbocycles. The molecule has 1 aromatic heterocycles. The zero-order valence-electron chi connectivity index (χ0n) is 11.5. The van der Waals surface area contributed by atoms with Crippen LogP contribution in [0.4, 0.5) is 4.39 Å². The fourth-order valence-corrected chi connectivity index (χ4v) is 2.66. The van der Waals surface area contributed by atoms with E-state index in [2.05, 4.69) is 4.98 Å². The predicted octanol–water partition coefficient (Wildman–Crippen LogP) is 2.49. The van der Waals surface area contributed by atoms with Crippen molar-refractivity contribution in [1.82, 2.24) is 9.55 Å². The molecule has 1 heterocycles. The first-order valence-corrected chi connectivity index (χ1v) is 8.14. The number of aromatic nitrogens is 2. The van der Waals surface area contributed by atoms with Crippen molar-refractivity contribution >= 4 is 21.6 Å². The molecule has 0 unspecified atom stereocenters. The van der Waals surface area contributed by atoms with Crippen molar-refractivity contribution in [2.75, 3.05) is 0 Å². The average molecular weight is 332 g/mol. The van der Waals surface area contributed by atoms with Crippen LogP contribution in [0.1, 0.15) is 31.2 Å². The van der Waals surface area contributed by atoms with E-state index in [1.807, 2.05) is 13.8 Å². The number of sulfonamides is 1. The predicted molar refractivity (Wildman–Crippen MR) is 78.2 cm³/mol. The summed E-state index contributed by atoms with van der Waals surface area (Å²) in [5.41, 5.74) is 0.738. The lowest BCUT2D eigenvalue weighted by molar-refractivity contribution is 0.594. The van der Waals surface area contributed by atoms with Gasteiger partial charge in [0.25, 0.3) is 10.0 Å². The number of rotatable bonds is 4. The van der Waals surface area contributed by atoms with Crippen LogP contribution < -0.4 is 5.14 Å². The Bertz CT molecular complexity index is 772. The molecule has 114 valence electrons. The Hall–Kier alpha value is -1.44. The number of imidazole rings is 1. The molecule has 2 rings (SSSR count). The number of primary sulfonamides is 1. The summed E-state index contributed by atoms with van der Waals surface area (Å²) in [5, 5.41) is 4.94. The van der Waals surface area contributed by atoms with Crippen LogP contribution in [0.3, 0.4) is 0 Å². The largest absolute Gasteiger partial charge is 0.329 e. The molecule has 0 saturated heterocycles. The van der Waals surface area contributed by atoms with E-state index in [4.69, 9.17) is 16.7 Å². The van der Waals surface area contributed by atoms with Gasteiger partial charge in [-0.15, -0.1) is 0 Å². The summed E-state index contributed by atoms with van der Waals surface area (Å²) in [4.78, 5) is 4.06. The second-order valence-electron chi connectivity index (χ2n) is 5.01. The lowest BCUT2D eigenvalue weighted by atomic mass is 10.2. The Morgan fingerprint density at radius 3 is 2.62 bits per heavy atom. The third-order valence-corrected chi connectivity index (χ3v) is 4.00. The Morgan fingerprint density at radius 2 is 2.10 bits per heavy atom. The van der Waals surface area contributed by atoms with Crippen LogP contribution in [0.2, 0.25) is 5.02 Å². The van der Waals surface area contributed by atoms with Gasteiger partial charge in [-0.05, 0) is 17.7 Å². The van der Waals surface area contributed by atoms with E-state index in [-0.39, 0.29) is 16.0 Å². The van der Waals surface area contributed by atoms with Gasteiger partial charge in [0.05, 0.1) is 5.02 Å². The van der Waals surface area contributed by atoms with Gasteiger partial charge in [0.15, 0.2) is 5.03 Å². The quantitative estimate of drug-likeness (QED) is 0.935. The van der Waals surface area contributed by atoms with Gasteiger partial charge < -0.3 is 4.57 Å². The number of benzene rings is 1. The Kier molecular flexibility index (Phi) is 4.36. The van der Waals surface area contributed by atoms with Crippen LogP contribution in [0.5, 0.6) is 0 Å². The van der Waals surface area contributed by atoms with Crippen molar-refractivity contribution in [3.63, 3.8) is 0 Å². The number of nitrogens with two attached hydrogens (primary N) is 1. The van der Waals surface area contributed by atoms with Crippen LogP contribution in [0.25, 0.3) is 0 Å². The molecule has 0 aliphatic rings. The van der Waals surface area contributed by atoms with Crippen LogP contribution in [-0.4, -0.2) is 18.0 Å². The maximum absolute atomic E-state index is 13.2. The normalized spacial score (nSPS) is 12.1. The molecular weight excluding hydrogens is 317 g/mol. The second kappa shape index (κ2) is 5.75. The van der Waals surface area contributed by atoms with Crippen molar-refractivity contribution in [3.8, 4) is 0 Å². The van der Waals surface area contributed by atoms with Gasteiger partial charge >= 0.3 is 0 Å². The van der Waals surface area contributed by atoms with Gasteiger partial charge in [-0.1, -0.05) is 31.5 Å². The summed E-state index contributed by atoms with van der Waals surface area (Å²) in [5.74, 6) is 0.0937. The average Bonchev–Trinajstić information content (AvgIpc) is 2.78. The number of halogens is 2. The minimum atomic E-state index is -3.86. The first kappa shape index (κ1) is 15.9. The maximum atomic E-state index is 13.2. The maximum Gasteiger partial charge on any atom is 0.257 e. The van der Waals surface area contributed by atoms with Gasteiger partial charge in [0.1, 0.15) is 11.6 Å². The molecule has 5 nitrogen and oxygen atoms in total. The fraction of sp³-hybridized carbons (Fsp3) is 0.308. The van der Waals surface area contributed by atoms with Gasteiger partial charge in [-0.2, -0.15) is 0 Å². The Morgan fingerprint density at radius 1 is 1.43 bits per heavy atom. The molecule has 0 aliphatic carbocycles. The lowest BCUT2D eigenvalue weighted by Gasteiger charge is -2.10. The molecule has 21 heavy (non-hydrogen) atoms. The standard InChI is InChI=1S/C13H15ClFN3O2S/c1-8(2)13-17-12(21(16,19)20)7-18(13)6-9-3-4-11(15)10(14)5-9/h3-5,7-8H,6H2,1-2H3,(H2,16,19,20). The molecule has 0 radical (unpaired) electrons. The molecular formula is C13H15ClFN3O2S. The molecule has 2 aromatic rings. The lowest BCUT2D eigenvalue weighted by Crippen LogP contribution is -2.12. The molecule has 8 heteroatoms. The van der Waals surface area contributed by atoms with E-state index in [0.717, 1.165) is 5.56 Å². The van der Waals surface area contributed by atoms with Crippen LogP contribution >= 0.6 is 11.6 Å². The highest BCUT2D eigenvalue weighted by Gasteiger charge is 2.18. The minimum Gasteiger partial charge on any atom is -0.329 e. The molecule has 0 bridgehead atoms. The summed E-state index contributed by atoms with van der Waals surface area (Å²) in [7, 11) is -3.86. The van der Waals surface area contributed by atoms with Gasteiger partial charge in [0.2, 0.25) is 0 Å². The third kappa shape index (κ3) is 3.61. The summed E-state index contributed by atoms with van der Waals surface area (Å²) in [6.45, 7) is 4.11. The first-order valence-electron chi connectivity index (χ1n) is 6.22.